The van der Waals surface area contributed by atoms with Crippen LogP contribution < -0.4 is 10.6 Å². The van der Waals surface area contributed by atoms with Crippen LogP contribution in [0.5, 0.6) is 0 Å². The molecule has 0 spiro atoms. The van der Waals surface area contributed by atoms with Gasteiger partial charge in [0, 0.05) is 12.5 Å². The van der Waals surface area contributed by atoms with E-state index in [1.165, 1.54) is 11.8 Å². The quantitative estimate of drug-likeness (QED) is 0.543. The van der Waals surface area contributed by atoms with Gasteiger partial charge < -0.3 is 30.1 Å². The predicted octanol–water partition coefficient (Wildman–Crippen LogP) is 1.34. The van der Waals surface area contributed by atoms with Crippen LogP contribution in [0.4, 0.5) is 4.79 Å². The molecule has 184 valence electrons. The van der Waals surface area contributed by atoms with Crippen molar-refractivity contribution in [2.75, 3.05) is 39.4 Å². The second kappa shape index (κ2) is 10.1. The van der Waals surface area contributed by atoms with Gasteiger partial charge in [0.15, 0.2) is 5.60 Å². The molecule has 2 aromatic rings. The highest BCUT2D eigenvalue weighted by Crippen LogP contribution is 2.44. The summed E-state index contributed by atoms with van der Waals surface area (Å²) < 4.78 is 10.6. The number of benzene rings is 2. The Morgan fingerprint density at radius 3 is 2.29 bits per heavy atom. The molecule has 1 aliphatic carbocycles. The Balaban J connectivity index is 1.22. The summed E-state index contributed by atoms with van der Waals surface area (Å²) in [6, 6.07) is 15.9. The Bertz CT molecular complexity index is 1110. The molecular weight excluding hydrogens is 454 g/mol. The molecule has 35 heavy (non-hydrogen) atoms. The van der Waals surface area contributed by atoms with Crippen molar-refractivity contribution in [2.24, 2.45) is 0 Å². The lowest BCUT2D eigenvalue weighted by atomic mass is 9.98. The number of rotatable bonds is 7. The van der Waals surface area contributed by atoms with Crippen LogP contribution in [-0.2, 0) is 23.9 Å². The fourth-order valence-electron chi connectivity index (χ4n) is 4.36. The van der Waals surface area contributed by atoms with Crippen LogP contribution >= 0.6 is 0 Å². The molecule has 0 bridgehead atoms. The molecule has 1 unspecified atom stereocenters. The number of hydrogen-bond donors (Lipinski definition) is 3. The van der Waals surface area contributed by atoms with Crippen molar-refractivity contribution in [3.63, 3.8) is 0 Å². The van der Waals surface area contributed by atoms with Crippen molar-refractivity contribution in [2.45, 2.75) is 18.4 Å². The first-order valence-corrected chi connectivity index (χ1v) is 11.3. The van der Waals surface area contributed by atoms with E-state index < -0.39 is 29.5 Å². The third-order valence-corrected chi connectivity index (χ3v) is 6.25. The summed E-state index contributed by atoms with van der Waals surface area (Å²) in [6.45, 7) is 1.04. The molecule has 0 radical (unpaired) electrons. The van der Waals surface area contributed by atoms with Crippen molar-refractivity contribution in [1.82, 2.24) is 15.5 Å². The maximum atomic E-state index is 12.4. The van der Waals surface area contributed by atoms with Crippen molar-refractivity contribution < 1.29 is 33.8 Å². The number of morpholine rings is 1. The molecule has 1 aliphatic heterocycles. The molecule has 1 atom stereocenters. The molecule has 2 aromatic carbocycles. The Hall–Kier alpha value is -3.92. The van der Waals surface area contributed by atoms with Crippen LogP contribution in [0.25, 0.3) is 11.1 Å². The number of fused-ring (bicyclic) bond motifs is 3. The van der Waals surface area contributed by atoms with Gasteiger partial charge in [-0.3, -0.25) is 9.59 Å². The van der Waals surface area contributed by atoms with E-state index in [1.807, 2.05) is 48.5 Å². The maximum absolute atomic E-state index is 12.4. The van der Waals surface area contributed by atoms with Gasteiger partial charge in [-0.2, -0.15) is 0 Å². The average molecular weight is 482 g/mol. The van der Waals surface area contributed by atoms with Gasteiger partial charge in [-0.25, -0.2) is 9.59 Å². The number of hydrogen-bond acceptors (Lipinski definition) is 6. The van der Waals surface area contributed by atoms with E-state index in [2.05, 4.69) is 10.6 Å². The summed E-state index contributed by atoms with van der Waals surface area (Å²) in [6.07, 6.45) is -0.737. The molecule has 10 heteroatoms. The third-order valence-electron chi connectivity index (χ3n) is 6.25. The fourth-order valence-corrected chi connectivity index (χ4v) is 4.36. The Morgan fingerprint density at radius 1 is 1.03 bits per heavy atom. The van der Waals surface area contributed by atoms with Gasteiger partial charge in [0.2, 0.25) is 11.8 Å². The lowest BCUT2D eigenvalue weighted by Gasteiger charge is -2.37. The zero-order valence-corrected chi connectivity index (χ0v) is 19.3. The van der Waals surface area contributed by atoms with Gasteiger partial charge in [-0.1, -0.05) is 48.5 Å². The minimum absolute atomic E-state index is 0.0891. The van der Waals surface area contributed by atoms with Crippen LogP contribution in [0, 0.1) is 0 Å². The van der Waals surface area contributed by atoms with Gasteiger partial charge >= 0.3 is 12.1 Å². The largest absolute Gasteiger partial charge is 0.479 e. The number of amides is 3. The van der Waals surface area contributed by atoms with Crippen molar-refractivity contribution in [3.8, 4) is 11.1 Å². The summed E-state index contributed by atoms with van der Waals surface area (Å²) in [7, 11) is 0. The van der Waals surface area contributed by atoms with E-state index in [0.29, 0.717) is 0 Å². The molecule has 1 saturated heterocycles. The number of ether oxygens (including phenoxy) is 2. The van der Waals surface area contributed by atoms with E-state index in [-0.39, 0.29) is 45.3 Å². The molecule has 0 saturated carbocycles. The number of aliphatic carboxylic acids is 1. The molecule has 1 heterocycles. The van der Waals surface area contributed by atoms with E-state index in [9.17, 15) is 24.3 Å². The summed E-state index contributed by atoms with van der Waals surface area (Å²) >= 11 is 0. The summed E-state index contributed by atoms with van der Waals surface area (Å²) in [4.78, 5) is 49.3. The standard InChI is InChI=1S/C25H27N3O7/c1-25(23(31)32)15-28(10-11-35-25)22(30)13-26-21(29)12-27-24(33)34-14-20-18-8-4-2-6-16(18)17-7-3-5-9-19(17)20/h2-9,20H,10-15H2,1H3,(H,26,29)(H,27,33)(H,31,32). The van der Waals surface area contributed by atoms with E-state index in [4.69, 9.17) is 9.47 Å². The Labute approximate surface area is 202 Å². The van der Waals surface area contributed by atoms with Gasteiger partial charge in [0.25, 0.3) is 0 Å². The molecule has 3 amide bonds. The van der Waals surface area contributed by atoms with E-state index in [0.717, 1.165) is 22.3 Å². The SMILES string of the molecule is CC1(C(=O)O)CN(C(=O)CNC(=O)CNC(=O)OCC2c3ccccc3-c3ccccc32)CCO1. The zero-order chi connectivity index (χ0) is 25.0. The van der Waals surface area contributed by atoms with Crippen molar-refractivity contribution in [1.29, 1.82) is 0 Å². The molecular formula is C25H27N3O7. The fraction of sp³-hybridized carbons (Fsp3) is 0.360. The Kier molecular flexibility index (Phi) is 7.02. The highest BCUT2D eigenvalue weighted by atomic mass is 16.5. The van der Waals surface area contributed by atoms with Crippen LogP contribution in [0.3, 0.4) is 0 Å². The molecule has 10 nitrogen and oxygen atoms in total. The average Bonchev–Trinajstić information content (AvgIpc) is 3.18. The number of carbonyl (C=O) groups excluding carboxylic acids is 3. The zero-order valence-electron chi connectivity index (χ0n) is 19.3. The van der Waals surface area contributed by atoms with Crippen LogP contribution in [0.1, 0.15) is 24.0 Å². The lowest BCUT2D eigenvalue weighted by Crippen LogP contribution is -2.57. The Morgan fingerprint density at radius 2 is 1.66 bits per heavy atom. The van der Waals surface area contributed by atoms with E-state index in [1.54, 1.807) is 0 Å². The second-order valence-corrected chi connectivity index (χ2v) is 8.66. The highest BCUT2D eigenvalue weighted by Gasteiger charge is 2.40. The summed E-state index contributed by atoms with van der Waals surface area (Å²) in [5.41, 5.74) is 2.92. The number of carbonyl (C=O) groups is 4. The topological polar surface area (TPSA) is 134 Å². The molecule has 4 rings (SSSR count). The first-order valence-electron chi connectivity index (χ1n) is 11.3. The lowest BCUT2D eigenvalue weighted by molar-refractivity contribution is -0.177. The first-order chi connectivity index (χ1) is 16.8. The van der Waals surface area contributed by atoms with Gasteiger partial charge in [-0.15, -0.1) is 0 Å². The minimum atomic E-state index is -1.48. The monoisotopic (exact) mass is 481 g/mol. The number of carboxylic acid groups (broad SMARTS) is 1. The van der Waals surface area contributed by atoms with Crippen LogP contribution in [-0.4, -0.2) is 78.9 Å². The highest BCUT2D eigenvalue weighted by molar-refractivity contribution is 5.88. The third kappa shape index (κ3) is 5.27. The summed E-state index contributed by atoms with van der Waals surface area (Å²) in [5.74, 6) is -2.26. The number of nitrogens with one attached hydrogen (secondary N) is 2. The van der Waals surface area contributed by atoms with Crippen LogP contribution in [0.2, 0.25) is 0 Å². The normalized spacial score (nSPS) is 18.8. The molecule has 3 N–H and O–H groups in total. The minimum Gasteiger partial charge on any atom is -0.479 e. The summed E-state index contributed by atoms with van der Waals surface area (Å²) in [5, 5.41) is 14.1. The molecule has 2 aliphatic rings. The predicted molar refractivity (Wildman–Crippen MR) is 125 cm³/mol. The second-order valence-electron chi connectivity index (χ2n) is 8.66. The maximum Gasteiger partial charge on any atom is 0.407 e. The van der Waals surface area contributed by atoms with Crippen LogP contribution in [0.15, 0.2) is 48.5 Å². The van der Waals surface area contributed by atoms with Crippen molar-refractivity contribution in [3.05, 3.63) is 59.7 Å². The molecule has 0 aromatic heterocycles. The number of carboxylic acids is 1. The van der Waals surface area contributed by atoms with E-state index >= 15 is 0 Å². The van der Waals surface area contributed by atoms with Gasteiger partial charge in [0.05, 0.1) is 19.7 Å². The van der Waals surface area contributed by atoms with Gasteiger partial charge in [0.1, 0.15) is 13.2 Å². The smallest absolute Gasteiger partial charge is 0.407 e. The molecule has 1 fully saturated rings. The first kappa shape index (κ1) is 24.2. The number of alkyl carbamates (subject to hydrolysis) is 1. The van der Waals surface area contributed by atoms with Gasteiger partial charge in [-0.05, 0) is 29.2 Å². The number of nitrogens with zero attached hydrogens (tertiary/aromatic N) is 1. The van der Waals surface area contributed by atoms with Crippen molar-refractivity contribution >= 4 is 23.9 Å².